The lowest BCUT2D eigenvalue weighted by Crippen LogP contribution is -2.53. The fraction of sp³-hybridized carbons (Fsp3) is 0.250. The van der Waals surface area contributed by atoms with Gasteiger partial charge in [0.1, 0.15) is 23.9 Å². The maximum atomic E-state index is 13.1. The van der Waals surface area contributed by atoms with E-state index < -0.39 is 29.6 Å². The van der Waals surface area contributed by atoms with E-state index in [1.54, 1.807) is 43.3 Å². The second-order valence-electron chi connectivity index (χ2n) is 7.51. The van der Waals surface area contributed by atoms with E-state index in [-0.39, 0.29) is 18.1 Å². The lowest BCUT2D eigenvalue weighted by atomic mass is 9.92. The summed E-state index contributed by atoms with van der Waals surface area (Å²) in [4.78, 5) is 0. The summed E-state index contributed by atoms with van der Waals surface area (Å²) in [6, 6.07) is 16.0. The molecule has 0 amide bonds. The van der Waals surface area contributed by atoms with E-state index in [1.165, 1.54) is 12.1 Å². The number of aromatic hydroxyl groups is 1. The Balaban J connectivity index is 1.85. The molecule has 10 heteroatoms. The van der Waals surface area contributed by atoms with Gasteiger partial charge in [-0.3, -0.25) is 0 Å². The molecular weight excluding hydrogens is 466 g/mol. The zero-order valence-electron chi connectivity index (χ0n) is 17.7. The first kappa shape index (κ1) is 25.2. The number of benzene rings is 3. The first-order chi connectivity index (χ1) is 15.8. The van der Waals surface area contributed by atoms with E-state index in [0.717, 1.165) is 12.1 Å². The number of halogens is 6. The Morgan fingerprint density at radius 1 is 0.824 bits per heavy atom. The fourth-order valence-electron chi connectivity index (χ4n) is 3.25. The molecule has 0 bridgehead atoms. The number of rotatable bonds is 7. The van der Waals surface area contributed by atoms with Crippen molar-refractivity contribution in [2.24, 2.45) is 0 Å². The minimum atomic E-state index is -5.98. The monoisotopic (exact) mass is 486 g/mol. The van der Waals surface area contributed by atoms with Gasteiger partial charge >= 0.3 is 12.4 Å². The van der Waals surface area contributed by atoms with E-state index in [4.69, 9.17) is 9.47 Å². The number of hydrogen-bond donors (Lipinski definition) is 2. The van der Waals surface area contributed by atoms with Crippen LogP contribution in [0.1, 0.15) is 22.8 Å². The highest BCUT2D eigenvalue weighted by Gasteiger charge is 2.71. The number of hydrogen-bond acceptors (Lipinski definition) is 4. The van der Waals surface area contributed by atoms with Crippen molar-refractivity contribution in [2.45, 2.75) is 31.0 Å². The van der Waals surface area contributed by atoms with Gasteiger partial charge in [-0.05, 0) is 48.4 Å². The Bertz CT molecular complexity index is 1080. The molecule has 0 saturated carbocycles. The molecule has 0 aliphatic carbocycles. The average molecular weight is 486 g/mol. The first-order valence-corrected chi connectivity index (χ1v) is 9.93. The number of phenols is 1. The smallest absolute Gasteiger partial charge is 0.430 e. The van der Waals surface area contributed by atoms with Crippen molar-refractivity contribution >= 4 is 0 Å². The third-order valence-corrected chi connectivity index (χ3v) is 5.09. The lowest BCUT2D eigenvalue weighted by Gasteiger charge is -2.32. The number of ether oxygens (including phenoxy) is 2. The molecule has 182 valence electrons. The molecule has 4 nitrogen and oxygen atoms in total. The van der Waals surface area contributed by atoms with Gasteiger partial charge in [-0.2, -0.15) is 26.3 Å². The first-order valence-electron chi connectivity index (χ1n) is 9.93. The van der Waals surface area contributed by atoms with Crippen LogP contribution in [0.5, 0.6) is 17.2 Å². The SMILES string of the molecule is Cc1cc(O)ccc1OCC(Oc1ccc(C(O)(C(F)(F)F)C(F)(F)F)cc1)c1ccccc1. The van der Waals surface area contributed by atoms with Gasteiger partial charge in [-0.25, -0.2) is 0 Å². The molecule has 0 spiro atoms. The Morgan fingerprint density at radius 3 is 1.94 bits per heavy atom. The quantitative estimate of drug-likeness (QED) is 0.390. The zero-order chi connectivity index (χ0) is 25.1. The van der Waals surface area contributed by atoms with Crippen LogP contribution >= 0.6 is 0 Å². The highest BCUT2D eigenvalue weighted by molar-refractivity contribution is 5.39. The molecular formula is C24H20F6O4. The van der Waals surface area contributed by atoms with Crippen LogP contribution in [-0.4, -0.2) is 29.2 Å². The van der Waals surface area contributed by atoms with Crippen molar-refractivity contribution in [2.75, 3.05) is 6.61 Å². The Hall–Kier alpha value is -3.40. The van der Waals surface area contributed by atoms with Crippen LogP contribution in [0.4, 0.5) is 26.3 Å². The van der Waals surface area contributed by atoms with Crippen LogP contribution in [0, 0.1) is 6.92 Å². The van der Waals surface area contributed by atoms with Crippen molar-refractivity contribution < 1.29 is 46.0 Å². The number of aryl methyl sites for hydroxylation is 1. The van der Waals surface area contributed by atoms with E-state index in [2.05, 4.69) is 0 Å². The Morgan fingerprint density at radius 2 is 1.41 bits per heavy atom. The van der Waals surface area contributed by atoms with Gasteiger partial charge in [-0.15, -0.1) is 0 Å². The standard InChI is InChI=1S/C24H20F6O4/c1-15-13-18(31)9-12-20(15)33-14-21(16-5-3-2-4-6-16)34-19-10-7-17(8-11-19)22(32,23(25,26)27)24(28,29)30/h2-13,21,31-32H,14H2,1H3. The van der Waals surface area contributed by atoms with Crippen molar-refractivity contribution in [1.82, 2.24) is 0 Å². The van der Waals surface area contributed by atoms with Crippen molar-refractivity contribution in [3.05, 3.63) is 89.5 Å². The minimum Gasteiger partial charge on any atom is -0.508 e. The van der Waals surface area contributed by atoms with Gasteiger partial charge in [0.15, 0.2) is 6.10 Å². The molecule has 0 aromatic heterocycles. The van der Waals surface area contributed by atoms with Gasteiger partial charge < -0.3 is 19.7 Å². The summed E-state index contributed by atoms with van der Waals surface area (Å²) in [5.41, 5.74) is -5.11. The van der Waals surface area contributed by atoms with Crippen LogP contribution < -0.4 is 9.47 Å². The van der Waals surface area contributed by atoms with Gasteiger partial charge in [0, 0.05) is 5.56 Å². The van der Waals surface area contributed by atoms with E-state index in [0.29, 0.717) is 29.0 Å². The summed E-state index contributed by atoms with van der Waals surface area (Å²) < 4.78 is 90.2. The molecule has 0 aliphatic heterocycles. The molecule has 3 aromatic carbocycles. The molecule has 0 aliphatic rings. The molecule has 1 atom stereocenters. The zero-order valence-corrected chi connectivity index (χ0v) is 17.7. The molecule has 3 rings (SSSR count). The summed E-state index contributed by atoms with van der Waals surface area (Å²) in [7, 11) is 0. The lowest BCUT2D eigenvalue weighted by molar-refractivity contribution is -0.376. The maximum absolute atomic E-state index is 13.1. The van der Waals surface area contributed by atoms with E-state index in [9.17, 15) is 36.6 Å². The topological polar surface area (TPSA) is 58.9 Å². The molecule has 2 N–H and O–H groups in total. The van der Waals surface area contributed by atoms with Crippen LogP contribution in [-0.2, 0) is 5.60 Å². The summed E-state index contributed by atoms with van der Waals surface area (Å²) in [6.07, 6.45) is -12.7. The Kier molecular flexibility index (Phi) is 7.02. The van der Waals surface area contributed by atoms with Crippen LogP contribution in [0.3, 0.4) is 0 Å². The number of phenolic OH excluding ortho intramolecular Hbond substituents is 1. The van der Waals surface area contributed by atoms with Crippen LogP contribution in [0.2, 0.25) is 0 Å². The average Bonchev–Trinajstić information content (AvgIpc) is 2.76. The molecule has 1 unspecified atom stereocenters. The Labute approximate surface area is 191 Å². The molecule has 34 heavy (non-hydrogen) atoms. The highest BCUT2D eigenvalue weighted by Crippen LogP contribution is 2.50. The van der Waals surface area contributed by atoms with Crippen LogP contribution in [0.25, 0.3) is 0 Å². The van der Waals surface area contributed by atoms with Crippen molar-refractivity contribution in [1.29, 1.82) is 0 Å². The largest absolute Gasteiger partial charge is 0.508 e. The molecule has 0 fully saturated rings. The van der Waals surface area contributed by atoms with Gasteiger partial charge in [0.05, 0.1) is 0 Å². The predicted octanol–water partition coefficient (Wildman–Crippen LogP) is 6.21. The summed E-state index contributed by atoms with van der Waals surface area (Å²) in [5, 5.41) is 19.1. The second kappa shape index (κ2) is 9.46. The van der Waals surface area contributed by atoms with Gasteiger partial charge in [0.25, 0.3) is 5.60 Å². The second-order valence-corrected chi connectivity index (χ2v) is 7.51. The third kappa shape index (κ3) is 5.22. The molecule has 0 saturated heterocycles. The third-order valence-electron chi connectivity index (χ3n) is 5.09. The highest BCUT2D eigenvalue weighted by atomic mass is 19.4. The molecule has 3 aromatic rings. The van der Waals surface area contributed by atoms with Crippen molar-refractivity contribution in [3.63, 3.8) is 0 Å². The summed E-state index contributed by atoms with van der Waals surface area (Å²) >= 11 is 0. The van der Waals surface area contributed by atoms with Gasteiger partial charge in [0.2, 0.25) is 0 Å². The van der Waals surface area contributed by atoms with Crippen molar-refractivity contribution in [3.8, 4) is 17.2 Å². The van der Waals surface area contributed by atoms with E-state index >= 15 is 0 Å². The predicted molar refractivity (Wildman–Crippen MR) is 111 cm³/mol. The number of aliphatic hydroxyl groups is 1. The molecule has 0 radical (unpaired) electrons. The van der Waals surface area contributed by atoms with Crippen LogP contribution in [0.15, 0.2) is 72.8 Å². The maximum Gasteiger partial charge on any atom is 0.430 e. The molecule has 0 heterocycles. The van der Waals surface area contributed by atoms with E-state index in [1.807, 2.05) is 0 Å². The minimum absolute atomic E-state index is 0.0321. The summed E-state index contributed by atoms with van der Waals surface area (Å²) in [6.45, 7) is 1.67. The summed E-state index contributed by atoms with van der Waals surface area (Å²) in [5.74, 6) is 0.479. The number of alkyl halides is 6. The fourth-order valence-corrected chi connectivity index (χ4v) is 3.25. The normalized spacial score (nSPS) is 13.4. The van der Waals surface area contributed by atoms with Gasteiger partial charge in [-0.1, -0.05) is 42.5 Å².